The zero-order chi connectivity index (χ0) is 47.7. The molecule has 1 amide bonds. The van der Waals surface area contributed by atoms with Gasteiger partial charge in [-0.1, -0.05) is 85.3 Å². The molecule has 3 heterocycles. The minimum atomic E-state index is -4.07. The molecule has 8 atom stereocenters. The van der Waals surface area contributed by atoms with Crippen molar-refractivity contribution < 1.29 is 39.8 Å². The normalized spacial score (nSPS) is 34.2. The summed E-state index contributed by atoms with van der Waals surface area (Å²) in [7, 11) is -7.77. The maximum atomic E-state index is 12.9. The van der Waals surface area contributed by atoms with Gasteiger partial charge in [0.1, 0.15) is 0 Å². The van der Waals surface area contributed by atoms with Crippen molar-refractivity contribution >= 4 is 32.0 Å². The second-order valence-corrected chi connectivity index (χ2v) is 25.7. The fraction of sp³-hybridized carbons (Fsp3) is 0.808. The molecule has 8 rings (SSSR count). The van der Waals surface area contributed by atoms with Crippen molar-refractivity contribution in [2.24, 2.45) is 46.3 Å². The van der Waals surface area contributed by atoms with Crippen LogP contribution in [0, 0.1) is 46.3 Å². The smallest absolute Gasteiger partial charge is 0.410 e. The van der Waals surface area contributed by atoms with Crippen LogP contribution in [0.3, 0.4) is 0 Å². The Morgan fingerprint density at radius 3 is 1.69 bits per heavy atom. The van der Waals surface area contributed by atoms with Crippen LogP contribution in [0.25, 0.3) is 0 Å². The van der Waals surface area contributed by atoms with Gasteiger partial charge in [0.15, 0.2) is 13.1 Å². The van der Waals surface area contributed by atoms with Gasteiger partial charge in [0, 0.05) is 65.1 Å². The molecule has 5 aliphatic carbocycles. The van der Waals surface area contributed by atoms with Crippen molar-refractivity contribution in [3.05, 3.63) is 46.8 Å². The highest BCUT2D eigenvalue weighted by Gasteiger charge is 2.58. The number of carbonyl (C=O) groups excluding carboxylic acids is 1. The van der Waals surface area contributed by atoms with Crippen molar-refractivity contribution in [1.82, 2.24) is 20.2 Å². The van der Waals surface area contributed by atoms with Crippen LogP contribution in [0.15, 0.2) is 46.8 Å². The Morgan fingerprint density at radius 1 is 0.716 bits per heavy atom. The van der Waals surface area contributed by atoms with Crippen LogP contribution in [0.2, 0.25) is 0 Å². The molecule has 13 nitrogen and oxygen atoms in total. The Bertz CT molecular complexity index is 2190. The van der Waals surface area contributed by atoms with Gasteiger partial charge in [-0.15, -0.1) is 0 Å². The summed E-state index contributed by atoms with van der Waals surface area (Å²) >= 11 is 0. The molecular weight excluding hydrogens is 887 g/mol. The SMILES string of the molecule is CCNOS(=O)(=O)CCCN1/C(=C/C=C2\CC/C(=C\C=C3\N(CCCS(=O)(=O)O)C4CCC5CCCCC5C4C3(C)C)C2=[N+]2CCN(C(=O)OCC)CC2)C(C)(C)C2C3CCCCC3CCC21. The molecule has 0 aromatic carbocycles. The quantitative estimate of drug-likeness (QED) is 0.0979. The number of hydrogen-bond acceptors (Lipinski definition) is 10. The summed E-state index contributed by atoms with van der Waals surface area (Å²) in [5.41, 5.74) is 8.77. The molecule has 8 fully saturated rings. The van der Waals surface area contributed by atoms with E-state index in [1.54, 1.807) is 0 Å². The Kier molecular flexibility index (Phi) is 15.8. The van der Waals surface area contributed by atoms with Crippen LogP contribution in [0.1, 0.15) is 144 Å². The number of nitrogens with zero attached hydrogens (tertiary/aromatic N) is 4. The van der Waals surface area contributed by atoms with Crippen molar-refractivity contribution in [3.8, 4) is 0 Å². The topological polar surface area (TPSA) is 149 Å². The van der Waals surface area contributed by atoms with Gasteiger partial charge in [0.05, 0.1) is 31.2 Å². The van der Waals surface area contributed by atoms with Crippen LogP contribution in [-0.4, -0.2) is 128 Å². The van der Waals surface area contributed by atoms with Gasteiger partial charge in [-0.3, -0.25) is 9.45 Å². The van der Waals surface area contributed by atoms with Crippen molar-refractivity contribution in [3.63, 3.8) is 0 Å². The third-order valence-electron chi connectivity index (χ3n) is 18.0. The first kappa shape index (κ1) is 50.7. The Hall–Kier alpha value is -2.72. The number of likely N-dealkylation sites (tertiary alicyclic amines) is 2. The summed E-state index contributed by atoms with van der Waals surface area (Å²) in [5, 5.41) is 0. The van der Waals surface area contributed by atoms with E-state index in [4.69, 9.17) is 9.02 Å². The van der Waals surface area contributed by atoms with Gasteiger partial charge >= 0.3 is 6.09 Å². The van der Waals surface area contributed by atoms with E-state index in [9.17, 15) is 26.2 Å². The molecule has 15 heteroatoms. The summed E-state index contributed by atoms with van der Waals surface area (Å²) in [6.07, 6.45) is 27.0. The largest absolute Gasteiger partial charge is 0.450 e. The van der Waals surface area contributed by atoms with E-state index in [1.165, 1.54) is 92.5 Å². The molecule has 8 aliphatic rings. The molecule has 376 valence electrons. The summed E-state index contributed by atoms with van der Waals surface area (Å²) < 4.78 is 72.3. The number of piperazine rings is 1. The number of ether oxygens (including phenoxy) is 1. The lowest BCUT2D eigenvalue weighted by atomic mass is 9.58. The molecule has 0 radical (unpaired) electrons. The van der Waals surface area contributed by atoms with E-state index in [0.29, 0.717) is 101 Å². The number of nitrogens with one attached hydrogen (secondary N) is 1. The van der Waals surface area contributed by atoms with Crippen molar-refractivity contribution in [1.29, 1.82) is 0 Å². The van der Waals surface area contributed by atoms with Gasteiger partial charge in [-0.2, -0.15) is 26.6 Å². The molecule has 0 aromatic rings. The maximum Gasteiger partial charge on any atom is 0.410 e. The molecule has 8 unspecified atom stereocenters. The zero-order valence-corrected chi connectivity index (χ0v) is 43.4. The van der Waals surface area contributed by atoms with E-state index in [2.05, 4.69) is 71.9 Å². The molecule has 0 aromatic heterocycles. The van der Waals surface area contributed by atoms with E-state index >= 15 is 0 Å². The number of allylic oxidation sites excluding steroid dienone is 8. The second-order valence-electron chi connectivity index (χ2n) is 22.4. The number of fused-ring (bicyclic) bond motifs is 6. The lowest BCUT2D eigenvalue weighted by Crippen LogP contribution is -2.47. The molecule has 0 spiro atoms. The number of hydroxylamine groups is 1. The lowest BCUT2D eigenvalue weighted by Gasteiger charge is -2.47. The lowest BCUT2D eigenvalue weighted by molar-refractivity contribution is -0.537. The molecule has 3 saturated heterocycles. The number of amides is 1. The second kappa shape index (κ2) is 20.9. The maximum absolute atomic E-state index is 12.9. The Balaban J connectivity index is 1.16. The molecule has 67 heavy (non-hydrogen) atoms. The average molecular weight is 971 g/mol. The van der Waals surface area contributed by atoms with Gasteiger partial charge < -0.3 is 14.5 Å². The molecule has 2 N–H and O–H groups in total. The minimum absolute atomic E-state index is 0.0361. The first-order chi connectivity index (χ1) is 31.9. The van der Waals surface area contributed by atoms with Crippen LogP contribution < -0.4 is 5.48 Å². The van der Waals surface area contributed by atoms with Gasteiger partial charge in [-0.05, 0) is 119 Å². The number of hydrogen-bond donors (Lipinski definition) is 2. The van der Waals surface area contributed by atoms with E-state index in [-0.39, 0.29) is 28.4 Å². The van der Waals surface area contributed by atoms with Crippen LogP contribution >= 0.6 is 0 Å². The fourth-order valence-corrected chi connectivity index (χ4v) is 16.7. The van der Waals surface area contributed by atoms with E-state index in [0.717, 1.165) is 37.5 Å². The molecule has 5 saturated carbocycles. The number of rotatable bonds is 14. The predicted molar refractivity (Wildman–Crippen MR) is 264 cm³/mol. The summed E-state index contributed by atoms with van der Waals surface area (Å²) in [6, 6.07) is 0.737. The van der Waals surface area contributed by atoms with Crippen molar-refractivity contribution in [2.75, 3.05) is 63.9 Å². The Morgan fingerprint density at radius 2 is 1.21 bits per heavy atom. The standard InChI is InChI=1S/C52H83N5O8S2/c1-7-53-65-67(62,63)36-14-30-57-44-26-22-38-16-10-12-18-42(38)48(44)52(5,6)46(57)28-24-40-20-19-39(49(40)54-31-33-55(34-32-54)50(58)64-8-2)23-27-45-51(3,4)47-41-17-11-9-15-37(41)21-25-43(47)56(45)29-13-35-66(59,60)61/h23-24,27-28,37-38,41-44,47-48,53H,7-22,25-26,29-36H2,1-6H3/p+1. The zero-order valence-electron chi connectivity index (χ0n) is 41.7. The molecule has 0 bridgehead atoms. The Labute approximate surface area is 403 Å². The highest BCUT2D eigenvalue weighted by Crippen LogP contribution is 2.61. The van der Waals surface area contributed by atoms with E-state index < -0.39 is 20.2 Å². The summed E-state index contributed by atoms with van der Waals surface area (Å²) in [4.78, 5) is 19.8. The highest BCUT2D eigenvalue weighted by molar-refractivity contribution is 7.86. The van der Waals surface area contributed by atoms with Crippen molar-refractivity contribution in [2.45, 2.75) is 156 Å². The third-order valence-corrected chi connectivity index (χ3v) is 19.9. The van der Waals surface area contributed by atoms with Gasteiger partial charge in [-0.25, -0.2) is 9.37 Å². The first-order valence-electron chi connectivity index (χ1n) is 26.4. The molecular formula is C52H84N5O8S2+. The summed E-state index contributed by atoms with van der Waals surface area (Å²) in [5.74, 6) is 3.61. The van der Waals surface area contributed by atoms with Crippen LogP contribution in [0.5, 0.6) is 0 Å². The average Bonchev–Trinajstić information content (AvgIpc) is 3.87. The fourth-order valence-electron chi connectivity index (χ4n) is 15.3. The third kappa shape index (κ3) is 10.8. The minimum Gasteiger partial charge on any atom is -0.450 e. The highest BCUT2D eigenvalue weighted by atomic mass is 32.2. The van der Waals surface area contributed by atoms with Crippen LogP contribution in [-0.2, 0) is 29.3 Å². The number of carbonyl (C=O) groups is 1. The van der Waals surface area contributed by atoms with Crippen LogP contribution in [0.4, 0.5) is 4.79 Å². The monoisotopic (exact) mass is 971 g/mol. The molecule has 3 aliphatic heterocycles. The predicted octanol–water partition coefficient (Wildman–Crippen LogP) is 8.72. The van der Waals surface area contributed by atoms with E-state index in [1.807, 2.05) is 18.7 Å². The van der Waals surface area contributed by atoms with Gasteiger partial charge in [0.2, 0.25) is 5.71 Å². The van der Waals surface area contributed by atoms with Gasteiger partial charge in [0.25, 0.3) is 20.2 Å². The summed E-state index contributed by atoms with van der Waals surface area (Å²) in [6.45, 7) is 18.0. The first-order valence-corrected chi connectivity index (χ1v) is 29.6.